The van der Waals surface area contributed by atoms with Crippen molar-refractivity contribution in [3.63, 3.8) is 0 Å². The predicted molar refractivity (Wildman–Crippen MR) is 82.0 cm³/mol. The van der Waals surface area contributed by atoms with Gasteiger partial charge in [0.05, 0.1) is 5.69 Å². The van der Waals surface area contributed by atoms with Crippen LogP contribution in [0.2, 0.25) is 0 Å². The van der Waals surface area contributed by atoms with Crippen molar-refractivity contribution in [2.45, 2.75) is 13.5 Å². The van der Waals surface area contributed by atoms with E-state index in [1.165, 1.54) is 0 Å². The molecule has 0 radical (unpaired) electrons. The molecule has 0 amide bonds. The van der Waals surface area contributed by atoms with Gasteiger partial charge in [0.15, 0.2) is 0 Å². The van der Waals surface area contributed by atoms with E-state index in [1.807, 2.05) is 31.2 Å². The SMILES string of the molecule is Cc1cc(NN=C(C#N)C#N)ccc1OCc1cccnc1. The van der Waals surface area contributed by atoms with Crippen LogP contribution in [0.5, 0.6) is 5.75 Å². The van der Waals surface area contributed by atoms with Gasteiger partial charge >= 0.3 is 0 Å². The quantitative estimate of drug-likeness (QED) is 0.675. The maximum Gasteiger partial charge on any atom is 0.237 e. The average Bonchev–Trinajstić information content (AvgIpc) is 2.56. The van der Waals surface area contributed by atoms with E-state index in [4.69, 9.17) is 15.3 Å². The Hall–Kier alpha value is -3.38. The van der Waals surface area contributed by atoms with E-state index in [1.54, 1.807) is 30.6 Å². The number of hydrogen-bond donors (Lipinski definition) is 1. The summed E-state index contributed by atoms with van der Waals surface area (Å²) in [7, 11) is 0. The Morgan fingerprint density at radius 3 is 2.77 bits per heavy atom. The Morgan fingerprint density at radius 1 is 1.32 bits per heavy atom. The fraction of sp³-hybridized carbons (Fsp3) is 0.125. The first kappa shape index (κ1) is 15.0. The number of nitrogens with one attached hydrogen (secondary N) is 1. The molecule has 0 aliphatic heterocycles. The Balaban J connectivity index is 2.03. The highest BCUT2D eigenvalue weighted by molar-refractivity contribution is 6.10. The van der Waals surface area contributed by atoms with E-state index in [9.17, 15) is 0 Å². The predicted octanol–water partition coefficient (Wildman–Crippen LogP) is 2.78. The zero-order valence-corrected chi connectivity index (χ0v) is 11.9. The molecule has 1 heterocycles. The first-order valence-corrected chi connectivity index (χ1v) is 6.49. The monoisotopic (exact) mass is 291 g/mol. The average molecular weight is 291 g/mol. The van der Waals surface area contributed by atoms with Gasteiger partial charge in [-0.25, -0.2) is 0 Å². The van der Waals surface area contributed by atoms with Crippen LogP contribution < -0.4 is 10.2 Å². The zero-order chi connectivity index (χ0) is 15.8. The molecule has 0 aliphatic carbocycles. The molecule has 1 aromatic heterocycles. The van der Waals surface area contributed by atoms with Gasteiger partial charge in [0.25, 0.3) is 0 Å². The Labute approximate surface area is 128 Å². The number of hydrogen-bond acceptors (Lipinski definition) is 6. The van der Waals surface area contributed by atoms with Crippen LogP contribution in [-0.2, 0) is 6.61 Å². The molecule has 2 aromatic rings. The highest BCUT2D eigenvalue weighted by Crippen LogP contribution is 2.22. The van der Waals surface area contributed by atoms with Crippen molar-refractivity contribution in [2.24, 2.45) is 5.10 Å². The molecule has 0 atom stereocenters. The van der Waals surface area contributed by atoms with E-state index >= 15 is 0 Å². The molecule has 6 heteroatoms. The number of aromatic nitrogens is 1. The molecule has 0 spiro atoms. The van der Waals surface area contributed by atoms with Crippen LogP contribution in [0.4, 0.5) is 5.69 Å². The molecule has 1 aromatic carbocycles. The molecule has 0 saturated carbocycles. The molecule has 108 valence electrons. The summed E-state index contributed by atoms with van der Waals surface area (Å²) in [5.74, 6) is 0.749. The van der Waals surface area contributed by atoms with Crippen LogP contribution in [0.25, 0.3) is 0 Å². The van der Waals surface area contributed by atoms with Crippen molar-refractivity contribution in [3.05, 3.63) is 53.9 Å². The minimum absolute atomic E-state index is 0.227. The van der Waals surface area contributed by atoms with E-state index in [0.29, 0.717) is 12.3 Å². The summed E-state index contributed by atoms with van der Waals surface area (Å²) in [4.78, 5) is 4.03. The highest BCUT2D eigenvalue weighted by atomic mass is 16.5. The van der Waals surface area contributed by atoms with E-state index in [0.717, 1.165) is 16.9 Å². The molecule has 0 saturated heterocycles. The number of nitrogens with zero attached hydrogens (tertiary/aromatic N) is 4. The van der Waals surface area contributed by atoms with Crippen LogP contribution in [0.1, 0.15) is 11.1 Å². The van der Waals surface area contributed by atoms with E-state index < -0.39 is 0 Å². The molecule has 6 nitrogen and oxygen atoms in total. The normalized spacial score (nSPS) is 9.23. The molecule has 2 rings (SSSR count). The number of pyridine rings is 1. The topological polar surface area (TPSA) is 94.1 Å². The van der Waals surface area contributed by atoms with Crippen LogP contribution >= 0.6 is 0 Å². The summed E-state index contributed by atoms with van der Waals surface area (Å²) in [6.07, 6.45) is 3.47. The van der Waals surface area contributed by atoms with Crippen molar-refractivity contribution in [1.82, 2.24) is 4.98 Å². The van der Waals surface area contributed by atoms with E-state index in [2.05, 4.69) is 15.5 Å². The van der Waals surface area contributed by atoms with Crippen molar-refractivity contribution in [3.8, 4) is 17.9 Å². The van der Waals surface area contributed by atoms with Gasteiger partial charge in [0, 0.05) is 18.0 Å². The number of rotatable bonds is 5. The third kappa shape index (κ3) is 4.06. The summed E-state index contributed by atoms with van der Waals surface area (Å²) in [5, 5.41) is 20.9. The van der Waals surface area contributed by atoms with Gasteiger partial charge in [0.2, 0.25) is 5.71 Å². The molecular weight excluding hydrogens is 278 g/mol. The smallest absolute Gasteiger partial charge is 0.237 e. The van der Waals surface area contributed by atoms with Crippen LogP contribution in [-0.4, -0.2) is 10.7 Å². The van der Waals surface area contributed by atoms with Crippen molar-refractivity contribution in [1.29, 1.82) is 10.5 Å². The van der Waals surface area contributed by atoms with Crippen LogP contribution in [0.3, 0.4) is 0 Å². The van der Waals surface area contributed by atoms with Gasteiger partial charge in [-0.15, -0.1) is 0 Å². The fourth-order valence-corrected chi connectivity index (χ4v) is 1.72. The summed E-state index contributed by atoms with van der Waals surface area (Å²) >= 11 is 0. The molecule has 0 aliphatic rings. The maximum atomic E-state index is 8.61. The standard InChI is InChI=1S/C16H13N5O/c1-12-7-14(20-21-15(8-17)9-18)4-5-16(12)22-11-13-3-2-6-19-10-13/h2-7,10,20H,11H2,1H3. The number of ether oxygens (including phenoxy) is 1. The van der Waals surface area contributed by atoms with Gasteiger partial charge in [-0.05, 0) is 36.8 Å². The first-order valence-electron chi connectivity index (χ1n) is 6.49. The second-order valence-electron chi connectivity index (χ2n) is 4.43. The maximum absolute atomic E-state index is 8.61. The summed E-state index contributed by atoms with van der Waals surface area (Å²) < 4.78 is 5.74. The molecule has 0 fully saturated rings. The number of benzene rings is 1. The van der Waals surface area contributed by atoms with Crippen molar-refractivity contribution in [2.75, 3.05) is 5.43 Å². The van der Waals surface area contributed by atoms with Crippen molar-refractivity contribution < 1.29 is 4.74 Å². The van der Waals surface area contributed by atoms with Crippen LogP contribution in [0.15, 0.2) is 47.8 Å². The summed E-state index contributed by atoms with van der Waals surface area (Å²) in [6.45, 7) is 2.34. The largest absolute Gasteiger partial charge is 0.489 e. The second-order valence-corrected chi connectivity index (χ2v) is 4.43. The molecule has 0 bridgehead atoms. The minimum Gasteiger partial charge on any atom is -0.489 e. The lowest BCUT2D eigenvalue weighted by Gasteiger charge is -2.10. The Kier molecular flexibility index (Phi) is 5.06. The highest BCUT2D eigenvalue weighted by Gasteiger charge is 2.02. The van der Waals surface area contributed by atoms with Crippen LogP contribution in [0, 0.1) is 29.6 Å². The molecule has 22 heavy (non-hydrogen) atoms. The third-order valence-electron chi connectivity index (χ3n) is 2.80. The van der Waals surface area contributed by atoms with E-state index in [-0.39, 0.29) is 5.71 Å². The zero-order valence-electron chi connectivity index (χ0n) is 11.9. The van der Waals surface area contributed by atoms with Gasteiger partial charge in [-0.2, -0.15) is 15.6 Å². The first-order chi connectivity index (χ1) is 10.7. The summed E-state index contributed by atoms with van der Waals surface area (Å²) in [6, 6.07) is 12.6. The fourth-order valence-electron chi connectivity index (χ4n) is 1.72. The van der Waals surface area contributed by atoms with Gasteiger partial charge in [-0.3, -0.25) is 10.4 Å². The van der Waals surface area contributed by atoms with Gasteiger partial charge in [-0.1, -0.05) is 6.07 Å². The Morgan fingerprint density at radius 2 is 2.14 bits per heavy atom. The number of nitriles is 2. The number of hydrazone groups is 1. The molecule has 1 N–H and O–H groups in total. The number of aryl methyl sites for hydroxylation is 1. The summed E-state index contributed by atoms with van der Waals surface area (Å²) in [5.41, 5.74) is 5.02. The van der Waals surface area contributed by atoms with Gasteiger partial charge in [0.1, 0.15) is 24.5 Å². The second kappa shape index (κ2) is 7.41. The lowest BCUT2D eigenvalue weighted by Crippen LogP contribution is -1.99. The minimum atomic E-state index is -0.227. The molecular formula is C16H13N5O. The molecule has 0 unspecified atom stereocenters. The van der Waals surface area contributed by atoms with Gasteiger partial charge < -0.3 is 4.74 Å². The number of anilines is 1. The third-order valence-corrected chi connectivity index (χ3v) is 2.80. The van der Waals surface area contributed by atoms with Crippen molar-refractivity contribution >= 4 is 11.4 Å². The lowest BCUT2D eigenvalue weighted by atomic mass is 10.2. The lowest BCUT2D eigenvalue weighted by molar-refractivity contribution is 0.303. The Bertz CT molecular complexity index is 740.